The summed E-state index contributed by atoms with van der Waals surface area (Å²) in [5, 5.41) is 0. The van der Waals surface area contributed by atoms with Crippen LogP contribution in [-0.4, -0.2) is 0 Å². The monoisotopic (exact) mass is 164 g/mol. The number of allylic oxidation sites excluding steroid dienone is 5. The third kappa shape index (κ3) is 4.17. The van der Waals surface area contributed by atoms with Gasteiger partial charge in [0, 0.05) is 0 Å². The Bertz CT molecular complexity index is 209. The highest BCUT2D eigenvalue weighted by molar-refractivity contribution is 5.31. The summed E-state index contributed by atoms with van der Waals surface area (Å²) in [7, 11) is 0. The molecule has 0 aromatic carbocycles. The standard InChI is InChI=1S/C12H20/c1-7-8-11(9-10(2)3)12(4,5)6/h7-9H,2H2,1,3-6H3. The fraction of sp³-hybridized carbons (Fsp3) is 0.500. The molecule has 0 saturated carbocycles. The van der Waals surface area contributed by atoms with E-state index in [0.717, 1.165) is 5.57 Å². The first-order valence-electron chi connectivity index (χ1n) is 4.38. The normalized spacial score (nSPS) is 13.9. The molecular formula is C12H20. The Morgan fingerprint density at radius 1 is 1.25 bits per heavy atom. The van der Waals surface area contributed by atoms with Crippen molar-refractivity contribution in [3.8, 4) is 0 Å². The smallest absolute Gasteiger partial charge is 0.0132 e. The minimum atomic E-state index is 0.214. The lowest BCUT2D eigenvalue weighted by Crippen LogP contribution is -2.07. The Hall–Kier alpha value is -0.780. The molecule has 0 nitrogen and oxygen atoms in total. The first kappa shape index (κ1) is 11.2. The molecule has 12 heavy (non-hydrogen) atoms. The molecule has 0 aromatic heterocycles. The summed E-state index contributed by atoms with van der Waals surface area (Å²) < 4.78 is 0. The van der Waals surface area contributed by atoms with Crippen LogP contribution >= 0.6 is 0 Å². The predicted molar refractivity (Wildman–Crippen MR) is 57.2 cm³/mol. The Kier molecular flexibility index (Phi) is 4.02. The van der Waals surface area contributed by atoms with Gasteiger partial charge < -0.3 is 0 Å². The van der Waals surface area contributed by atoms with Crippen LogP contribution in [0, 0.1) is 5.41 Å². The first-order chi connectivity index (χ1) is 5.38. The van der Waals surface area contributed by atoms with E-state index in [9.17, 15) is 0 Å². The minimum Gasteiger partial charge on any atom is -0.0961 e. The van der Waals surface area contributed by atoms with Crippen molar-refractivity contribution in [1.29, 1.82) is 0 Å². The maximum atomic E-state index is 3.88. The molecule has 0 spiro atoms. The summed E-state index contributed by atoms with van der Waals surface area (Å²) in [6.45, 7) is 14.6. The van der Waals surface area contributed by atoms with Gasteiger partial charge in [0.2, 0.25) is 0 Å². The second-order valence-electron chi connectivity index (χ2n) is 4.20. The van der Waals surface area contributed by atoms with E-state index in [2.05, 4.69) is 45.6 Å². The van der Waals surface area contributed by atoms with Crippen molar-refractivity contribution in [2.45, 2.75) is 34.6 Å². The van der Waals surface area contributed by atoms with Crippen LogP contribution in [0.25, 0.3) is 0 Å². The van der Waals surface area contributed by atoms with Gasteiger partial charge in [-0.25, -0.2) is 0 Å². The zero-order valence-electron chi connectivity index (χ0n) is 8.94. The van der Waals surface area contributed by atoms with Crippen molar-refractivity contribution in [2.24, 2.45) is 5.41 Å². The van der Waals surface area contributed by atoms with Crippen molar-refractivity contribution in [3.05, 3.63) is 36.0 Å². The van der Waals surface area contributed by atoms with E-state index in [0.29, 0.717) is 0 Å². The van der Waals surface area contributed by atoms with E-state index in [1.165, 1.54) is 5.57 Å². The van der Waals surface area contributed by atoms with Crippen LogP contribution in [0.5, 0.6) is 0 Å². The molecule has 0 aliphatic rings. The average molecular weight is 164 g/mol. The largest absolute Gasteiger partial charge is 0.0961 e. The van der Waals surface area contributed by atoms with E-state index in [4.69, 9.17) is 0 Å². The van der Waals surface area contributed by atoms with Gasteiger partial charge in [-0.05, 0) is 24.8 Å². The molecule has 0 aliphatic heterocycles. The van der Waals surface area contributed by atoms with Crippen LogP contribution in [0.1, 0.15) is 34.6 Å². The molecule has 0 rings (SSSR count). The van der Waals surface area contributed by atoms with E-state index in [-0.39, 0.29) is 5.41 Å². The Morgan fingerprint density at radius 3 is 2.00 bits per heavy atom. The first-order valence-corrected chi connectivity index (χ1v) is 4.38. The topological polar surface area (TPSA) is 0 Å². The van der Waals surface area contributed by atoms with Gasteiger partial charge in [0.1, 0.15) is 0 Å². The molecule has 0 amide bonds. The van der Waals surface area contributed by atoms with Crippen molar-refractivity contribution < 1.29 is 0 Å². The number of hydrogen-bond donors (Lipinski definition) is 0. The van der Waals surface area contributed by atoms with Crippen molar-refractivity contribution in [2.75, 3.05) is 0 Å². The Balaban J connectivity index is 4.80. The summed E-state index contributed by atoms with van der Waals surface area (Å²) in [4.78, 5) is 0. The third-order valence-electron chi connectivity index (χ3n) is 1.61. The molecule has 0 N–H and O–H groups in total. The van der Waals surface area contributed by atoms with Crippen molar-refractivity contribution >= 4 is 0 Å². The van der Waals surface area contributed by atoms with Gasteiger partial charge in [-0.3, -0.25) is 0 Å². The van der Waals surface area contributed by atoms with Gasteiger partial charge in [0.15, 0.2) is 0 Å². The molecule has 0 heteroatoms. The van der Waals surface area contributed by atoms with Gasteiger partial charge in [0.25, 0.3) is 0 Å². The quantitative estimate of drug-likeness (QED) is 0.539. The Morgan fingerprint density at radius 2 is 1.75 bits per heavy atom. The summed E-state index contributed by atoms with van der Waals surface area (Å²) in [6, 6.07) is 0. The Labute approximate surface area is 76.7 Å². The molecule has 0 bridgehead atoms. The molecule has 0 atom stereocenters. The third-order valence-corrected chi connectivity index (χ3v) is 1.61. The van der Waals surface area contributed by atoms with Gasteiger partial charge in [-0.2, -0.15) is 0 Å². The highest BCUT2D eigenvalue weighted by atomic mass is 14.2. The van der Waals surface area contributed by atoms with Crippen molar-refractivity contribution in [1.82, 2.24) is 0 Å². The molecule has 0 aliphatic carbocycles. The molecular weight excluding hydrogens is 144 g/mol. The van der Waals surface area contributed by atoms with Crippen LogP contribution in [0.4, 0.5) is 0 Å². The molecule has 0 fully saturated rings. The van der Waals surface area contributed by atoms with Crippen LogP contribution < -0.4 is 0 Å². The summed E-state index contributed by atoms with van der Waals surface area (Å²) in [5.74, 6) is 0. The zero-order valence-corrected chi connectivity index (χ0v) is 8.94. The molecule has 0 saturated heterocycles. The van der Waals surface area contributed by atoms with E-state index < -0.39 is 0 Å². The highest BCUT2D eigenvalue weighted by Crippen LogP contribution is 2.26. The summed E-state index contributed by atoms with van der Waals surface area (Å²) in [5.41, 5.74) is 2.65. The lowest BCUT2D eigenvalue weighted by atomic mass is 9.85. The van der Waals surface area contributed by atoms with E-state index in [1.54, 1.807) is 0 Å². The fourth-order valence-electron chi connectivity index (χ4n) is 0.960. The van der Waals surface area contributed by atoms with E-state index in [1.807, 2.05) is 13.8 Å². The van der Waals surface area contributed by atoms with Gasteiger partial charge in [-0.15, -0.1) is 0 Å². The van der Waals surface area contributed by atoms with Crippen LogP contribution in [0.3, 0.4) is 0 Å². The molecule has 68 valence electrons. The fourth-order valence-corrected chi connectivity index (χ4v) is 0.960. The molecule has 0 radical (unpaired) electrons. The summed E-state index contributed by atoms with van der Waals surface area (Å²) >= 11 is 0. The predicted octanol–water partition coefficient (Wildman–Crippen LogP) is 4.11. The number of rotatable bonds is 2. The summed E-state index contributed by atoms with van der Waals surface area (Å²) in [6.07, 6.45) is 6.36. The molecule has 0 unspecified atom stereocenters. The zero-order chi connectivity index (χ0) is 9.78. The van der Waals surface area contributed by atoms with Crippen LogP contribution in [0.15, 0.2) is 36.0 Å². The van der Waals surface area contributed by atoms with Crippen LogP contribution in [0.2, 0.25) is 0 Å². The average Bonchev–Trinajstić information content (AvgIpc) is 1.83. The van der Waals surface area contributed by atoms with Crippen LogP contribution in [-0.2, 0) is 0 Å². The minimum absolute atomic E-state index is 0.214. The molecule has 0 heterocycles. The second kappa shape index (κ2) is 4.30. The lowest BCUT2D eigenvalue weighted by molar-refractivity contribution is 0.516. The second-order valence-corrected chi connectivity index (χ2v) is 4.20. The highest BCUT2D eigenvalue weighted by Gasteiger charge is 2.13. The van der Waals surface area contributed by atoms with E-state index >= 15 is 0 Å². The molecule has 0 aromatic rings. The van der Waals surface area contributed by atoms with Gasteiger partial charge >= 0.3 is 0 Å². The maximum absolute atomic E-state index is 3.88. The van der Waals surface area contributed by atoms with Gasteiger partial charge in [0.05, 0.1) is 0 Å². The van der Waals surface area contributed by atoms with Crippen molar-refractivity contribution in [3.63, 3.8) is 0 Å². The lowest BCUT2D eigenvalue weighted by Gasteiger charge is -2.20. The SMILES string of the molecule is C=C(C)C=C(C=CC)C(C)(C)C. The maximum Gasteiger partial charge on any atom is -0.0132 e. The van der Waals surface area contributed by atoms with Gasteiger partial charge in [-0.1, -0.05) is 51.2 Å². The number of hydrogen-bond acceptors (Lipinski definition) is 0.